The highest BCUT2D eigenvalue weighted by molar-refractivity contribution is 5.88. The van der Waals surface area contributed by atoms with Gasteiger partial charge >= 0.3 is 11.9 Å². The van der Waals surface area contributed by atoms with Gasteiger partial charge in [0.25, 0.3) is 0 Å². The number of esters is 2. The molecule has 0 aromatic carbocycles. The number of rotatable bonds is 4. The van der Waals surface area contributed by atoms with Gasteiger partial charge in [0, 0.05) is 16.6 Å². The van der Waals surface area contributed by atoms with Crippen LogP contribution in [0.2, 0.25) is 0 Å². The van der Waals surface area contributed by atoms with Crippen molar-refractivity contribution in [2.75, 3.05) is 0 Å². The number of hydrogen-bond acceptors (Lipinski definition) is 4. The SMILES string of the molecule is C=C(C)C(=O)OC1CCCC(C)(C)C1(C)OC(=O)C(=C)C. The van der Waals surface area contributed by atoms with Crippen LogP contribution >= 0.6 is 0 Å². The Morgan fingerprint density at radius 3 is 2.05 bits per heavy atom. The number of carbonyl (C=O) groups is 2. The lowest BCUT2D eigenvalue weighted by atomic mass is 9.64. The van der Waals surface area contributed by atoms with Crippen molar-refractivity contribution in [1.82, 2.24) is 0 Å². The molecule has 1 aliphatic carbocycles. The molecule has 4 heteroatoms. The fourth-order valence-corrected chi connectivity index (χ4v) is 2.57. The van der Waals surface area contributed by atoms with E-state index >= 15 is 0 Å². The highest BCUT2D eigenvalue weighted by Crippen LogP contribution is 2.47. The van der Waals surface area contributed by atoms with Crippen molar-refractivity contribution in [1.29, 1.82) is 0 Å². The van der Waals surface area contributed by atoms with Gasteiger partial charge in [-0.15, -0.1) is 0 Å². The zero-order valence-corrected chi connectivity index (χ0v) is 13.7. The lowest BCUT2D eigenvalue weighted by Gasteiger charge is -2.50. The molecule has 1 rings (SSSR count). The molecule has 0 amide bonds. The van der Waals surface area contributed by atoms with Crippen molar-refractivity contribution in [3.63, 3.8) is 0 Å². The monoisotopic (exact) mass is 294 g/mol. The van der Waals surface area contributed by atoms with Crippen LogP contribution in [-0.2, 0) is 19.1 Å². The van der Waals surface area contributed by atoms with Crippen molar-refractivity contribution in [2.45, 2.75) is 65.6 Å². The first-order chi connectivity index (χ1) is 9.51. The van der Waals surface area contributed by atoms with Crippen LogP contribution in [0, 0.1) is 5.41 Å². The fraction of sp³-hybridized carbons (Fsp3) is 0.647. The summed E-state index contributed by atoms with van der Waals surface area (Å²) in [4.78, 5) is 23.8. The summed E-state index contributed by atoms with van der Waals surface area (Å²) in [6.07, 6.45) is 2.01. The van der Waals surface area contributed by atoms with Crippen LogP contribution in [0.3, 0.4) is 0 Å². The molecule has 0 bridgehead atoms. The second kappa shape index (κ2) is 6.04. The second-order valence-electron chi connectivity index (χ2n) is 6.73. The summed E-state index contributed by atoms with van der Waals surface area (Å²) in [6.45, 7) is 16.3. The Bertz CT molecular complexity index is 475. The maximum atomic E-state index is 12.0. The topological polar surface area (TPSA) is 52.6 Å². The van der Waals surface area contributed by atoms with Gasteiger partial charge in [-0.1, -0.05) is 27.0 Å². The maximum Gasteiger partial charge on any atom is 0.333 e. The predicted octanol–water partition coefficient (Wildman–Crippen LogP) is 3.56. The average Bonchev–Trinajstić information content (AvgIpc) is 2.34. The summed E-state index contributed by atoms with van der Waals surface area (Å²) in [5.41, 5.74) is -0.502. The summed E-state index contributed by atoms with van der Waals surface area (Å²) in [7, 11) is 0. The average molecular weight is 294 g/mol. The van der Waals surface area contributed by atoms with Crippen LogP contribution in [0.15, 0.2) is 24.3 Å². The standard InChI is InChI=1S/C17H26O4/c1-11(2)14(18)20-13-9-8-10-16(5,6)17(13,7)21-15(19)12(3)4/h13H,1,3,8-10H2,2,4-7H3. The zero-order chi connectivity index (χ0) is 16.4. The molecule has 0 aromatic rings. The van der Waals surface area contributed by atoms with E-state index in [1.165, 1.54) is 0 Å². The van der Waals surface area contributed by atoms with Crippen LogP contribution in [-0.4, -0.2) is 23.6 Å². The molecule has 0 aromatic heterocycles. The van der Waals surface area contributed by atoms with Gasteiger partial charge in [-0.25, -0.2) is 9.59 Å². The third-order valence-electron chi connectivity index (χ3n) is 4.48. The summed E-state index contributed by atoms with van der Waals surface area (Å²) < 4.78 is 11.2. The Morgan fingerprint density at radius 1 is 1.05 bits per heavy atom. The molecule has 2 atom stereocenters. The maximum absolute atomic E-state index is 12.0. The molecule has 21 heavy (non-hydrogen) atoms. The first kappa shape index (κ1) is 17.5. The smallest absolute Gasteiger partial charge is 0.333 e. The van der Waals surface area contributed by atoms with Crippen molar-refractivity contribution in [2.24, 2.45) is 5.41 Å². The number of carbonyl (C=O) groups excluding carboxylic acids is 2. The van der Waals surface area contributed by atoms with Gasteiger partial charge in [0.15, 0.2) is 5.60 Å². The normalized spacial score (nSPS) is 27.6. The van der Waals surface area contributed by atoms with E-state index < -0.39 is 23.6 Å². The summed E-state index contributed by atoms with van der Waals surface area (Å²) >= 11 is 0. The molecule has 0 radical (unpaired) electrons. The van der Waals surface area contributed by atoms with Crippen molar-refractivity contribution in [3.05, 3.63) is 24.3 Å². The van der Waals surface area contributed by atoms with Crippen molar-refractivity contribution >= 4 is 11.9 Å². The molecule has 0 aliphatic heterocycles. The molecule has 2 unspecified atom stereocenters. The Balaban J connectivity index is 3.08. The van der Waals surface area contributed by atoms with E-state index in [0.29, 0.717) is 17.6 Å². The van der Waals surface area contributed by atoms with Crippen LogP contribution < -0.4 is 0 Å². The van der Waals surface area contributed by atoms with Crippen molar-refractivity contribution < 1.29 is 19.1 Å². The Labute approximate surface area is 127 Å². The van der Waals surface area contributed by atoms with E-state index in [1.807, 2.05) is 20.8 Å². The van der Waals surface area contributed by atoms with Gasteiger partial charge in [0.1, 0.15) is 6.10 Å². The molecular weight excluding hydrogens is 268 g/mol. The van der Waals surface area contributed by atoms with E-state index in [9.17, 15) is 9.59 Å². The van der Waals surface area contributed by atoms with E-state index in [2.05, 4.69) is 13.2 Å². The highest BCUT2D eigenvalue weighted by atomic mass is 16.6. The minimum Gasteiger partial charge on any atom is -0.455 e. The van der Waals surface area contributed by atoms with Crippen LogP contribution in [0.1, 0.15) is 53.9 Å². The molecule has 4 nitrogen and oxygen atoms in total. The Morgan fingerprint density at radius 2 is 1.57 bits per heavy atom. The highest BCUT2D eigenvalue weighted by Gasteiger charge is 2.54. The molecule has 0 N–H and O–H groups in total. The third-order valence-corrected chi connectivity index (χ3v) is 4.48. The first-order valence-corrected chi connectivity index (χ1v) is 7.26. The van der Waals surface area contributed by atoms with E-state index in [1.54, 1.807) is 13.8 Å². The minimum absolute atomic E-state index is 0.295. The largest absolute Gasteiger partial charge is 0.455 e. The predicted molar refractivity (Wildman–Crippen MR) is 81.6 cm³/mol. The lowest BCUT2D eigenvalue weighted by molar-refractivity contribution is -0.211. The second-order valence-corrected chi connectivity index (χ2v) is 6.73. The van der Waals surface area contributed by atoms with Gasteiger partial charge in [0.05, 0.1) is 0 Å². The third kappa shape index (κ3) is 3.55. The van der Waals surface area contributed by atoms with Gasteiger partial charge in [-0.05, 0) is 40.0 Å². The summed E-state index contributed by atoms with van der Waals surface area (Å²) in [5, 5.41) is 0. The molecule has 1 fully saturated rings. The quantitative estimate of drug-likeness (QED) is 0.587. The van der Waals surface area contributed by atoms with Crippen LogP contribution in [0.25, 0.3) is 0 Å². The number of hydrogen-bond donors (Lipinski definition) is 0. The van der Waals surface area contributed by atoms with Gasteiger partial charge in [0.2, 0.25) is 0 Å². The van der Waals surface area contributed by atoms with Gasteiger partial charge < -0.3 is 9.47 Å². The molecule has 0 saturated heterocycles. The van der Waals surface area contributed by atoms with Gasteiger partial charge in [-0.3, -0.25) is 0 Å². The Hall–Kier alpha value is -1.58. The number of ether oxygens (including phenoxy) is 2. The molecule has 0 spiro atoms. The molecule has 1 saturated carbocycles. The van der Waals surface area contributed by atoms with Crippen LogP contribution in [0.5, 0.6) is 0 Å². The Kier molecular flexibility index (Phi) is 5.03. The van der Waals surface area contributed by atoms with E-state index in [4.69, 9.17) is 9.47 Å². The molecule has 0 heterocycles. The van der Waals surface area contributed by atoms with Crippen molar-refractivity contribution in [3.8, 4) is 0 Å². The van der Waals surface area contributed by atoms with E-state index in [0.717, 1.165) is 12.8 Å². The molecule has 118 valence electrons. The summed E-state index contributed by atoms with van der Waals surface area (Å²) in [6, 6.07) is 0. The molecular formula is C17H26O4. The first-order valence-electron chi connectivity index (χ1n) is 7.26. The minimum atomic E-state index is -0.883. The molecule has 1 aliphatic rings. The fourth-order valence-electron chi connectivity index (χ4n) is 2.57. The van der Waals surface area contributed by atoms with Gasteiger partial charge in [-0.2, -0.15) is 0 Å². The lowest BCUT2D eigenvalue weighted by Crippen LogP contribution is -2.58. The van der Waals surface area contributed by atoms with Crippen LogP contribution in [0.4, 0.5) is 0 Å². The van der Waals surface area contributed by atoms with E-state index in [-0.39, 0.29) is 5.41 Å². The zero-order valence-electron chi connectivity index (χ0n) is 13.7. The summed E-state index contributed by atoms with van der Waals surface area (Å²) in [5.74, 6) is -0.904.